The van der Waals surface area contributed by atoms with Crippen molar-refractivity contribution in [3.8, 4) is 0 Å². The quantitative estimate of drug-likeness (QED) is 0.253. The summed E-state index contributed by atoms with van der Waals surface area (Å²) in [6.07, 6.45) is -2.34. The minimum atomic E-state index is -1.37. The lowest BCUT2D eigenvalue weighted by Gasteiger charge is -2.45. The van der Waals surface area contributed by atoms with Crippen molar-refractivity contribution >= 4 is 17.8 Å². The largest absolute Gasteiger partial charge is 0.479 e. The monoisotopic (exact) mass is 709 g/mol. The number of aliphatic hydroxyl groups is 1. The number of carbonyl (C=O) groups excluding carboxylic acids is 3. The highest BCUT2D eigenvalue weighted by Crippen LogP contribution is 2.31. The van der Waals surface area contributed by atoms with Crippen molar-refractivity contribution in [3.05, 3.63) is 95.8 Å². The molecular weight excluding hydrogens is 662 g/mol. The lowest BCUT2D eigenvalue weighted by atomic mass is 9.98. The number of benzene rings is 2. The maximum atomic E-state index is 13.5. The summed E-state index contributed by atoms with van der Waals surface area (Å²) in [7, 11) is 2.78. The normalized spacial score (nSPS) is 27.8. The SMILES string of the molecule is COC1OC(CO)C(OCc2ccccc2)C(OCc2ccccc2)C1OCCC=C1C=CC(=O)C(C(OC)C(=O)N2C(=O)OCC2C(C)C)O1. The molecule has 8 unspecified atom stereocenters. The van der Waals surface area contributed by atoms with Crippen molar-refractivity contribution in [1.82, 2.24) is 4.90 Å². The first-order valence-corrected chi connectivity index (χ1v) is 17.1. The van der Waals surface area contributed by atoms with Crippen LogP contribution in [-0.2, 0) is 60.7 Å². The number of allylic oxidation sites excluding steroid dienone is 1. The molecule has 0 bridgehead atoms. The van der Waals surface area contributed by atoms with Gasteiger partial charge in [-0.15, -0.1) is 0 Å². The Labute approximate surface area is 298 Å². The number of imide groups is 1. The lowest BCUT2D eigenvalue weighted by Crippen LogP contribution is -2.61. The highest BCUT2D eigenvalue weighted by Gasteiger charge is 2.49. The molecule has 276 valence electrons. The van der Waals surface area contributed by atoms with Crippen molar-refractivity contribution in [2.45, 2.75) is 82.4 Å². The molecule has 2 fully saturated rings. The van der Waals surface area contributed by atoms with E-state index in [0.717, 1.165) is 16.0 Å². The Hall–Kier alpha value is -3.95. The summed E-state index contributed by atoms with van der Waals surface area (Å²) in [5, 5.41) is 10.3. The molecule has 3 heterocycles. The number of nitrogens with zero attached hydrogens (tertiary/aromatic N) is 1. The number of hydrogen-bond donors (Lipinski definition) is 1. The minimum absolute atomic E-state index is 0.0629. The first kappa shape index (κ1) is 38.3. The van der Waals surface area contributed by atoms with E-state index in [-0.39, 0.29) is 39.0 Å². The van der Waals surface area contributed by atoms with Crippen molar-refractivity contribution in [3.63, 3.8) is 0 Å². The second kappa shape index (κ2) is 18.5. The summed E-state index contributed by atoms with van der Waals surface area (Å²) in [4.78, 5) is 39.8. The standard InChI is InChI=1S/C38H47NO12/c1-24(2)28-23-49-38(43)39(28)36(42)34(44-3)31-29(41)18-17-27(50-31)16-11-19-46-35-33(48-22-26-14-9-6-10-15-26)32(30(20-40)51-37(35)45-4)47-21-25-12-7-5-8-13-25/h5-10,12-18,24,28,30-35,37,40H,11,19-23H2,1-4H3. The molecule has 1 N–H and O–H groups in total. The summed E-state index contributed by atoms with van der Waals surface area (Å²) < 4.78 is 47.4. The summed E-state index contributed by atoms with van der Waals surface area (Å²) >= 11 is 0. The molecule has 51 heavy (non-hydrogen) atoms. The second-order valence-corrected chi connectivity index (χ2v) is 12.7. The summed E-state index contributed by atoms with van der Waals surface area (Å²) in [5.41, 5.74) is 1.90. The molecule has 5 rings (SSSR count). The van der Waals surface area contributed by atoms with E-state index in [1.807, 2.05) is 74.5 Å². The van der Waals surface area contributed by atoms with Crippen molar-refractivity contribution in [2.75, 3.05) is 34.0 Å². The Bertz CT molecular complexity index is 1500. The third-order valence-electron chi connectivity index (χ3n) is 8.99. The van der Waals surface area contributed by atoms with Crippen LogP contribution in [0.5, 0.6) is 0 Å². The molecule has 2 amide bonds. The first-order chi connectivity index (χ1) is 24.7. The number of ether oxygens (including phenoxy) is 8. The van der Waals surface area contributed by atoms with Gasteiger partial charge in [0.15, 0.2) is 24.3 Å². The first-order valence-electron chi connectivity index (χ1n) is 17.1. The van der Waals surface area contributed by atoms with Crippen LogP contribution >= 0.6 is 0 Å². The van der Waals surface area contributed by atoms with Crippen LogP contribution in [-0.4, -0.2) is 111 Å². The maximum Gasteiger partial charge on any atom is 0.417 e. The van der Waals surface area contributed by atoms with Gasteiger partial charge in [-0.25, -0.2) is 9.69 Å². The van der Waals surface area contributed by atoms with Crippen molar-refractivity contribution in [2.24, 2.45) is 5.92 Å². The number of cyclic esters (lactones) is 1. The zero-order valence-electron chi connectivity index (χ0n) is 29.3. The van der Waals surface area contributed by atoms with Crippen LogP contribution in [0.1, 0.15) is 31.4 Å². The fraction of sp³-hybridized carbons (Fsp3) is 0.500. The summed E-state index contributed by atoms with van der Waals surface area (Å²) in [6.45, 7) is 4.17. The Balaban J connectivity index is 1.27. The molecule has 2 saturated heterocycles. The maximum absolute atomic E-state index is 13.5. The van der Waals surface area contributed by atoms with Gasteiger partial charge in [-0.1, -0.05) is 74.5 Å². The highest BCUT2D eigenvalue weighted by molar-refractivity contribution is 6.03. The molecule has 13 nitrogen and oxygen atoms in total. The minimum Gasteiger partial charge on any atom is -0.479 e. The highest BCUT2D eigenvalue weighted by atomic mass is 16.7. The molecule has 2 aromatic rings. The number of rotatable bonds is 16. The van der Waals surface area contributed by atoms with Gasteiger partial charge in [0.05, 0.1) is 32.5 Å². The molecular formula is C38H47NO12. The van der Waals surface area contributed by atoms with E-state index in [0.29, 0.717) is 12.2 Å². The van der Waals surface area contributed by atoms with Gasteiger partial charge in [0.1, 0.15) is 36.8 Å². The Morgan fingerprint density at radius 2 is 1.57 bits per heavy atom. The molecule has 8 atom stereocenters. The smallest absolute Gasteiger partial charge is 0.417 e. The van der Waals surface area contributed by atoms with Gasteiger partial charge in [-0.2, -0.15) is 0 Å². The van der Waals surface area contributed by atoms with Crippen LogP contribution in [0.25, 0.3) is 0 Å². The molecule has 0 saturated carbocycles. The van der Waals surface area contributed by atoms with Gasteiger partial charge in [0.25, 0.3) is 5.91 Å². The van der Waals surface area contributed by atoms with E-state index in [9.17, 15) is 19.5 Å². The van der Waals surface area contributed by atoms with Crippen LogP contribution < -0.4 is 0 Å². The van der Waals surface area contributed by atoms with Crippen LogP contribution in [0.4, 0.5) is 4.79 Å². The van der Waals surface area contributed by atoms with E-state index in [1.54, 1.807) is 6.08 Å². The topological polar surface area (TPSA) is 149 Å². The Kier molecular flexibility index (Phi) is 13.9. The van der Waals surface area contributed by atoms with Crippen LogP contribution in [0.2, 0.25) is 0 Å². The second-order valence-electron chi connectivity index (χ2n) is 12.7. The molecule has 3 aliphatic heterocycles. The van der Waals surface area contributed by atoms with E-state index in [1.165, 1.54) is 26.4 Å². The Morgan fingerprint density at radius 3 is 2.16 bits per heavy atom. The molecule has 2 aromatic carbocycles. The summed E-state index contributed by atoms with van der Waals surface area (Å²) in [5.74, 6) is -0.915. The fourth-order valence-electron chi connectivity index (χ4n) is 6.22. The van der Waals surface area contributed by atoms with Crippen molar-refractivity contribution in [1.29, 1.82) is 0 Å². The number of hydrogen-bond acceptors (Lipinski definition) is 12. The van der Waals surface area contributed by atoms with Crippen LogP contribution in [0, 0.1) is 5.92 Å². The molecule has 13 heteroatoms. The zero-order valence-corrected chi connectivity index (χ0v) is 29.3. The van der Waals surface area contributed by atoms with E-state index in [2.05, 4.69) is 0 Å². The van der Waals surface area contributed by atoms with Crippen molar-refractivity contribution < 1.29 is 57.4 Å². The van der Waals surface area contributed by atoms with E-state index < -0.39 is 66.7 Å². The average molecular weight is 710 g/mol. The van der Waals surface area contributed by atoms with E-state index >= 15 is 0 Å². The third-order valence-corrected chi connectivity index (χ3v) is 8.99. The zero-order chi connectivity index (χ0) is 36.3. The predicted molar refractivity (Wildman–Crippen MR) is 182 cm³/mol. The molecule has 0 aromatic heterocycles. The van der Waals surface area contributed by atoms with Gasteiger partial charge in [0.2, 0.25) is 0 Å². The lowest BCUT2D eigenvalue weighted by molar-refractivity contribution is -0.319. The molecule has 3 aliphatic rings. The molecule has 0 radical (unpaired) electrons. The fourth-order valence-corrected chi connectivity index (χ4v) is 6.22. The molecule has 0 spiro atoms. The number of carbonyl (C=O) groups is 3. The van der Waals surface area contributed by atoms with Gasteiger partial charge in [-0.05, 0) is 41.7 Å². The molecule has 0 aliphatic carbocycles. The summed E-state index contributed by atoms with van der Waals surface area (Å²) in [6, 6.07) is 18.9. The van der Waals surface area contributed by atoms with Gasteiger partial charge in [-0.3, -0.25) is 9.59 Å². The Morgan fingerprint density at radius 1 is 0.922 bits per heavy atom. The number of ketones is 1. The van der Waals surface area contributed by atoms with Crippen LogP contribution in [0.3, 0.4) is 0 Å². The number of methoxy groups -OCH3 is 2. The van der Waals surface area contributed by atoms with E-state index in [4.69, 9.17) is 37.9 Å². The van der Waals surface area contributed by atoms with Gasteiger partial charge in [0, 0.05) is 14.2 Å². The van der Waals surface area contributed by atoms with Gasteiger partial charge >= 0.3 is 6.09 Å². The number of aliphatic hydroxyl groups excluding tert-OH is 1. The van der Waals surface area contributed by atoms with Gasteiger partial charge < -0.3 is 43.0 Å². The van der Waals surface area contributed by atoms with Crippen LogP contribution in [0.15, 0.2) is 84.7 Å². The number of amides is 2. The predicted octanol–water partition coefficient (Wildman–Crippen LogP) is 3.72. The third kappa shape index (κ3) is 9.49. The average Bonchev–Trinajstić information content (AvgIpc) is 3.55.